The molecule has 0 aliphatic rings. The van der Waals surface area contributed by atoms with Gasteiger partial charge in [0, 0.05) is 6.54 Å². The lowest BCUT2D eigenvalue weighted by molar-refractivity contribution is 0.0697. The summed E-state index contributed by atoms with van der Waals surface area (Å²) >= 11 is 0. The summed E-state index contributed by atoms with van der Waals surface area (Å²) in [6.07, 6.45) is 8.64. The van der Waals surface area contributed by atoms with Crippen LogP contribution in [-0.4, -0.2) is 27.8 Å². The Hall–Kier alpha value is -1.65. The van der Waals surface area contributed by atoms with Crippen molar-refractivity contribution < 1.29 is 9.90 Å². The lowest BCUT2D eigenvalue weighted by atomic mass is 10.1. The molecule has 2 N–H and O–H groups in total. The molecule has 0 atom stereocenters. The van der Waals surface area contributed by atoms with E-state index < -0.39 is 5.97 Å². The molecule has 0 fully saturated rings. The number of nitrogens with zero attached hydrogens (tertiary/aromatic N) is 2. The molecule has 5 heteroatoms. The first-order valence-corrected chi connectivity index (χ1v) is 6.54. The van der Waals surface area contributed by atoms with Crippen molar-refractivity contribution in [3.8, 4) is 0 Å². The Bertz CT molecular complexity index is 369. The summed E-state index contributed by atoms with van der Waals surface area (Å²) in [6.45, 7) is 2.94. The normalized spacial score (nSPS) is 10.3. The van der Waals surface area contributed by atoms with E-state index in [1.807, 2.05) is 0 Å². The molecule has 0 aromatic carbocycles. The molecule has 5 nitrogen and oxygen atoms in total. The number of nitrogens with one attached hydrogen (secondary N) is 1. The maximum atomic E-state index is 10.9. The van der Waals surface area contributed by atoms with Gasteiger partial charge in [-0.15, -0.1) is 5.10 Å². The van der Waals surface area contributed by atoms with Crippen LogP contribution in [0.3, 0.4) is 0 Å². The fourth-order valence-electron chi connectivity index (χ4n) is 1.75. The molecular formula is C13H21N3O2. The first-order valence-electron chi connectivity index (χ1n) is 6.54. The Labute approximate surface area is 108 Å². The summed E-state index contributed by atoms with van der Waals surface area (Å²) in [5, 5.41) is 19.5. The van der Waals surface area contributed by atoms with E-state index in [1.165, 1.54) is 37.9 Å². The predicted octanol–water partition coefficient (Wildman–Crippen LogP) is 2.95. The molecule has 100 valence electrons. The van der Waals surface area contributed by atoms with Gasteiger partial charge in [-0.3, -0.25) is 0 Å². The largest absolute Gasteiger partial charge is 0.478 e. The zero-order chi connectivity index (χ0) is 13.2. The highest BCUT2D eigenvalue weighted by Gasteiger charge is 2.10. The minimum atomic E-state index is -0.977. The molecule has 0 spiro atoms. The standard InChI is InChI=1S/C13H21N3O2/c1-2-3-4-5-6-7-9-14-12-11(13(17)18)8-10-15-16-12/h8,10H,2-7,9H2,1H3,(H,14,16)(H,17,18). The number of hydrogen-bond donors (Lipinski definition) is 2. The third-order valence-corrected chi connectivity index (χ3v) is 2.77. The number of unbranched alkanes of at least 4 members (excludes halogenated alkanes) is 5. The Morgan fingerprint density at radius 1 is 1.28 bits per heavy atom. The van der Waals surface area contributed by atoms with Gasteiger partial charge in [0.25, 0.3) is 0 Å². The maximum Gasteiger partial charge on any atom is 0.339 e. The average molecular weight is 251 g/mol. The highest BCUT2D eigenvalue weighted by Crippen LogP contribution is 2.10. The lowest BCUT2D eigenvalue weighted by Crippen LogP contribution is -2.10. The molecule has 0 aliphatic heterocycles. The van der Waals surface area contributed by atoms with Crippen LogP contribution >= 0.6 is 0 Å². The second-order valence-corrected chi connectivity index (χ2v) is 4.29. The molecule has 0 unspecified atom stereocenters. The zero-order valence-electron chi connectivity index (χ0n) is 10.9. The SMILES string of the molecule is CCCCCCCCNc1nnccc1C(=O)O. The first kappa shape index (κ1) is 14.4. The molecule has 0 saturated carbocycles. The molecule has 0 bridgehead atoms. The molecule has 1 heterocycles. The van der Waals surface area contributed by atoms with Crippen LogP contribution in [0.1, 0.15) is 55.8 Å². The van der Waals surface area contributed by atoms with Crippen LogP contribution in [0.5, 0.6) is 0 Å². The van der Waals surface area contributed by atoms with Crippen LogP contribution < -0.4 is 5.32 Å². The molecule has 0 radical (unpaired) electrons. The van der Waals surface area contributed by atoms with E-state index in [1.54, 1.807) is 0 Å². The second kappa shape index (κ2) is 8.44. The molecule has 1 rings (SSSR count). The van der Waals surface area contributed by atoms with Gasteiger partial charge in [0.1, 0.15) is 5.56 Å². The van der Waals surface area contributed by atoms with Crippen LogP contribution in [0.4, 0.5) is 5.82 Å². The van der Waals surface area contributed by atoms with Gasteiger partial charge in [-0.05, 0) is 12.5 Å². The van der Waals surface area contributed by atoms with Crippen LogP contribution in [-0.2, 0) is 0 Å². The minimum Gasteiger partial charge on any atom is -0.478 e. The van der Waals surface area contributed by atoms with Crippen molar-refractivity contribution in [1.29, 1.82) is 0 Å². The van der Waals surface area contributed by atoms with Gasteiger partial charge in [0.2, 0.25) is 0 Å². The van der Waals surface area contributed by atoms with Gasteiger partial charge < -0.3 is 10.4 Å². The topological polar surface area (TPSA) is 75.1 Å². The summed E-state index contributed by atoms with van der Waals surface area (Å²) in [5.41, 5.74) is 0.177. The third kappa shape index (κ3) is 5.12. The van der Waals surface area contributed by atoms with Crippen LogP contribution in [0, 0.1) is 0 Å². The molecule has 1 aromatic heterocycles. The minimum absolute atomic E-state index is 0.177. The van der Waals surface area contributed by atoms with Crippen molar-refractivity contribution in [3.63, 3.8) is 0 Å². The first-order chi connectivity index (χ1) is 8.75. The Morgan fingerprint density at radius 2 is 2.00 bits per heavy atom. The number of carbonyl (C=O) groups is 1. The van der Waals surface area contributed by atoms with Crippen molar-refractivity contribution >= 4 is 11.8 Å². The van der Waals surface area contributed by atoms with E-state index in [2.05, 4.69) is 22.4 Å². The van der Waals surface area contributed by atoms with Crippen LogP contribution in [0.2, 0.25) is 0 Å². The number of rotatable bonds is 9. The smallest absolute Gasteiger partial charge is 0.339 e. The molecule has 0 saturated heterocycles. The number of hydrogen-bond acceptors (Lipinski definition) is 4. The van der Waals surface area contributed by atoms with Gasteiger partial charge in [-0.2, -0.15) is 5.10 Å². The summed E-state index contributed by atoms with van der Waals surface area (Å²) in [5.74, 6) is -0.617. The highest BCUT2D eigenvalue weighted by atomic mass is 16.4. The lowest BCUT2D eigenvalue weighted by Gasteiger charge is -2.07. The third-order valence-electron chi connectivity index (χ3n) is 2.77. The van der Waals surface area contributed by atoms with Gasteiger partial charge in [-0.25, -0.2) is 4.79 Å². The Kier molecular flexibility index (Phi) is 6.76. The molecular weight excluding hydrogens is 230 g/mol. The van der Waals surface area contributed by atoms with E-state index in [0.717, 1.165) is 19.4 Å². The Morgan fingerprint density at radius 3 is 2.72 bits per heavy atom. The van der Waals surface area contributed by atoms with E-state index in [0.29, 0.717) is 5.82 Å². The molecule has 1 aromatic rings. The van der Waals surface area contributed by atoms with Gasteiger partial charge in [-0.1, -0.05) is 39.0 Å². The fourth-order valence-corrected chi connectivity index (χ4v) is 1.75. The second-order valence-electron chi connectivity index (χ2n) is 4.29. The average Bonchev–Trinajstić information content (AvgIpc) is 2.38. The molecule has 18 heavy (non-hydrogen) atoms. The summed E-state index contributed by atoms with van der Waals surface area (Å²) < 4.78 is 0. The highest BCUT2D eigenvalue weighted by molar-refractivity contribution is 5.92. The van der Waals surface area contributed by atoms with E-state index in [9.17, 15) is 4.79 Å². The van der Waals surface area contributed by atoms with Gasteiger partial charge in [0.15, 0.2) is 5.82 Å². The van der Waals surface area contributed by atoms with Gasteiger partial charge >= 0.3 is 5.97 Å². The predicted molar refractivity (Wildman–Crippen MR) is 70.9 cm³/mol. The van der Waals surface area contributed by atoms with Crippen molar-refractivity contribution in [2.75, 3.05) is 11.9 Å². The van der Waals surface area contributed by atoms with E-state index >= 15 is 0 Å². The number of anilines is 1. The monoisotopic (exact) mass is 251 g/mol. The summed E-state index contributed by atoms with van der Waals surface area (Å²) in [4.78, 5) is 10.9. The van der Waals surface area contributed by atoms with Crippen molar-refractivity contribution in [2.45, 2.75) is 45.4 Å². The number of carboxylic acid groups (broad SMARTS) is 1. The van der Waals surface area contributed by atoms with Crippen molar-refractivity contribution in [1.82, 2.24) is 10.2 Å². The van der Waals surface area contributed by atoms with E-state index in [4.69, 9.17) is 5.11 Å². The Balaban J connectivity index is 2.25. The molecule has 0 amide bonds. The van der Waals surface area contributed by atoms with Crippen LogP contribution in [0.15, 0.2) is 12.3 Å². The van der Waals surface area contributed by atoms with Gasteiger partial charge in [0.05, 0.1) is 6.20 Å². The van der Waals surface area contributed by atoms with Crippen molar-refractivity contribution in [3.05, 3.63) is 17.8 Å². The summed E-state index contributed by atoms with van der Waals surface area (Å²) in [7, 11) is 0. The quantitative estimate of drug-likeness (QED) is 0.660. The zero-order valence-corrected chi connectivity index (χ0v) is 10.9. The molecule has 0 aliphatic carbocycles. The fraction of sp³-hybridized carbons (Fsp3) is 0.615. The van der Waals surface area contributed by atoms with Crippen molar-refractivity contribution in [2.24, 2.45) is 0 Å². The van der Waals surface area contributed by atoms with Crippen LogP contribution in [0.25, 0.3) is 0 Å². The maximum absolute atomic E-state index is 10.9. The number of aromatic nitrogens is 2. The summed E-state index contributed by atoms with van der Waals surface area (Å²) in [6, 6.07) is 1.46. The number of carboxylic acids is 1. The number of aromatic carboxylic acids is 1. The van der Waals surface area contributed by atoms with E-state index in [-0.39, 0.29) is 5.56 Å².